The summed E-state index contributed by atoms with van der Waals surface area (Å²) in [6, 6.07) is 5.30. The second-order valence-corrected chi connectivity index (χ2v) is 4.87. The maximum atomic E-state index is 12.0. The molecule has 1 unspecified atom stereocenters. The SMILES string of the molecule is Cn1nc2c(C=O)cccc2c1C1CCC(=O)NC1=O. The zero-order chi connectivity index (χ0) is 14.3. The molecule has 2 heterocycles. The fourth-order valence-corrected chi connectivity index (χ4v) is 2.72. The van der Waals surface area contributed by atoms with E-state index in [9.17, 15) is 14.4 Å². The molecule has 0 aliphatic carbocycles. The van der Waals surface area contributed by atoms with Crippen LogP contribution >= 0.6 is 0 Å². The third kappa shape index (κ3) is 1.80. The van der Waals surface area contributed by atoms with Crippen LogP contribution in [0.4, 0.5) is 0 Å². The first-order chi connectivity index (χ1) is 9.61. The number of fused-ring (bicyclic) bond motifs is 1. The molecule has 1 fully saturated rings. The summed E-state index contributed by atoms with van der Waals surface area (Å²) in [5.41, 5.74) is 1.83. The number of imide groups is 1. The van der Waals surface area contributed by atoms with Crippen molar-refractivity contribution in [2.45, 2.75) is 18.8 Å². The number of amides is 2. The largest absolute Gasteiger partial charge is 0.298 e. The summed E-state index contributed by atoms with van der Waals surface area (Å²) in [4.78, 5) is 34.3. The molecule has 1 aliphatic rings. The first kappa shape index (κ1) is 12.5. The topological polar surface area (TPSA) is 81.1 Å². The second kappa shape index (κ2) is 4.56. The number of aromatic nitrogens is 2. The summed E-state index contributed by atoms with van der Waals surface area (Å²) in [5, 5.41) is 7.47. The predicted molar refractivity (Wildman–Crippen MR) is 71.2 cm³/mol. The average molecular weight is 271 g/mol. The second-order valence-electron chi connectivity index (χ2n) is 4.87. The number of carbonyl (C=O) groups excluding carboxylic acids is 3. The number of aldehydes is 1. The van der Waals surface area contributed by atoms with Crippen LogP contribution in [0.2, 0.25) is 0 Å². The number of nitrogens with one attached hydrogen (secondary N) is 1. The van der Waals surface area contributed by atoms with Crippen molar-refractivity contribution in [2.24, 2.45) is 7.05 Å². The highest BCUT2D eigenvalue weighted by Crippen LogP contribution is 2.31. The van der Waals surface area contributed by atoms with E-state index in [1.807, 2.05) is 6.07 Å². The molecule has 0 saturated carbocycles. The van der Waals surface area contributed by atoms with Gasteiger partial charge in [0.25, 0.3) is 0 Å². The highest BCUT2D eigenvalue weighted by molar-refractivity contribution is 6.04. The molecule has 2 amide bonds. The first-order valence-corrected chi connectivity index (χ1v) is 6.36. The van der Waals surface area contributed by atoms with Crippen molar-refractivity contribution in [3.05, 3.63) is 29.5 Å². The normalized spacial score (nSPS) is 19.1. The summed E-state index contributed by atoms with van der Waals surface area (Å²) in [6.45, 7) is 0. The zero-order valence-corrected chi connectivity index (χ0v) is 10.9. The van der Waals surface area contributed by atoms with Gasteiger partial charge in [-0.3, -0.25) is 24.4 Å². The van der Waals surface area contributed by atoms with Gasteiger partial charge in [0.15, 0.2) is 6.29 Å². The van der Waals surface area contributed by atoms with E-state index < -0.39 is 5.92 Å². The van der Waals surface area contributed by atoms with Crippen molar-refractivity contribution >= 4 is 29.0 Å². The molecule has 1 N–H and O–H groups in total. The van der Waals surface area contributed by atoms with Crippen molar-refractivity contribution in [1.29, 1.82) is 0 Å². The van der Waals surface area contributed by atoms with Crippen LogP contribution < -0.4 is 5.32 Å². The number of nitrogens with zero attached hydrogens (tertiary/aromatic N) is 2. The third-order valence-electron chi connectivity index (χ3n) is 3.64. The van der Waals surface area contributed by atoms with E-state index in [-0.39, 0.29) is 11.8 Å². The van der Waals surface area contributed by atoms with E-state index >= 15 is 0 Å². The van der Waals surface area contributed by atoms with Gasteiger partial charge in [0.2, 0.25) is 11.8 Å². The molecule has 6 nitrogen and oxygen atoms in total. The Balaban J connectivity index is 2.16. The van der Waals surface area contributed by atoms with Crippen molar-refractivity contribution in [3.63, 3.8) is 0 Å². The lowest BCUT2D eigenvalue weighted by Gasteiger charge is -2.21. The number of hydrogen-bond donors (Lipinski definition) is 1. The van der Waals surface area contributed by atoms with Crippen LogP contribution in [-0.4, -0.2) is 27.9 Å². The van der Waals surface area contributed by atoms with Crippen LogP contribution in [0.1, 0.15) is 34.8 Å². The van der Waals surface area contributed by atoms with E-state index in [0.717, 1.165) is 17.4 Å². The molecule has 2 aromatic rings. The summed E-state index contributed by atoms with van der Waals surface area (Å²) >= 11 is 0. The number of benzene rings is 1. The molecule has 102 valence electrons. The molecule has 20 heavy (non-hydrogen) atoms. The average Bonchev–Trinajstić information content (AvgIpc) is 2.75. The Hall–Kier alpha value is -2.50. The molecular weight excluding hydrogens is 258 g/mol. The van der Waals surface area contributed by atoms with Crippen molar-refractivity contribution < 1.29 is 14.4 Å². The van der Waals surface area contributed by atoms with Crippen LogP contribution in [0.3, 0.4) is 0 Å². The number of hydrogen-bond acceptors (Lipinski definition) is 4. The molecule has 3 rings (SSSR count). The van der Waals surface area contributed by atoms with E-state index in [1.54, 1.807) is 23.9 Å². The van der Waals surface area contributed by atoms with E-state index in [4.69, 9.17) is 0 Å². The fraction of sp³-hybridized carbons (Fsp3) is 0.286. The lowest BCUT2D eigenvalue weighted by Crippen LogP contribution is -2.40. The molecule has 1 atom stereocenters. The fourth-order valence-electron chi connectivity index (χ4n) is 2.72. The van der Waals surface area contributed by atoms with Gasteiger partial charge in [-0.25, -0.2) is 0 Å². The summed E-state index contributed by atoms with van der Waals surface area (Å²) in [5.74, 6) is -0.960. The van der Waals surface area contributed by atoms with Crippen molar-refractivity contribution in [3.8, 4) is 0 Å². The summed E-state index contributed by atoms with van der Waals surface area (Å²) in [6.07, 6.45) is 1.53. The van der Waals surface area contributed by atoms with Gasteiger partial charge in [0.1, 0.15) is 5.52 Å². The Morgan fingerprint density at radius 2 is 2.20 bits per heavy atom. The number of rotatable bonds is 2. The van der Waals surface area contributed by atoms with Crippen molar-refractivity contribution in [2.75, 3.05) is 0 Å². The van der Waals surface area contributed by atoms with E-state index in [1.165, 1.54) is 0 Å². The Bertz CT molecular complexity index is 733. The quantitative estimate of drug-likeness (QED) is 0.650. The van der Waals surface area contributed by atoms with Gasteiger partial charge in [0, 0.05) is 24.4 Å². The minimum Gasteiger partial charge on any atom is -0.298 e. The van der Waals surface area contributed by atoms with Gasteiger partial charge in [-0.2, -0.15) is 5.10 Å². The molecule has 1 saturated heterocycles. The molecular formula is C14H13N3O3. The Morgan fingerprint density at radius 1 is 1.40 bits per heavy atom. The molecule has 6 heteroatoms. The smallest absolute Gasteiger partial charge is 0.235 e. The van der Waals surface area contributed by atoms with E-state index in [0.29, 0.717) is 23.9 Å². The molecule has 0 spiro atoms. The number of carbonyl (C=O) groups is 3. The maximum absolute atomic E-state index is 12.0. The Morgan fingerprint density at radius 3 is 2.90 bits per heavy atom. The van der Waals surface area contributed by atoms with Gasteiger partial charge < -0.3 is 0 Å². The highest BCUT2D eigenvalue weighted by atomic mass is 16.2. The molecule has 1 aromatic heterocycles. The third-order valence-corrected chi connectivity index (χ3v) is 3.64. The minimum atomic E-state index is -0.412. The van der Waals surface area contributed by atoms with Gasteiger partial charge in [-0.05, 0) is 12.5 Å². The first-order valence-electron chi connectivity index (χ1n) is 6.36. The van der Waals surface area contributed by atoms with Gasteiger partial charge in [-0.1, -0.05) is 12.1 Å². The lowest BCUT2D eigenvalue weighted by molar-refractivity contribution is -0.134. The summed E-state index contributed by atoms with van der Waals surface area (Å²) < 4.78 is 1.62. The van der Waals surface area contributed by atoms with Crippen LogP contribution in [-0.2, 0) is 16.6 Å². The van der Waals surface area contributed by atoms with Crippen LogP contribution in [0.15, 0.2) is 18.2 Å². The summed E-state index contributed by atoms with van der Waals surface area (Å²) in [7, 11) is 1.74. The van der Waals surface area contributed by atoms with Crippen LogP contribution in [0, 0.1) is 0 Å². The van der Waals surface area contributed by atoms with Gasteiger partial charge >= 0.3 is 0 Å². The van der Waals surface area contributed by atoms with Crippen molar-refractivity contribution in [1.82, 2.24) is 15.1 Å². The zero-order valence-electron chi connectivity index (χ0n) is 10.9. The van der Waals surface area contributed by atoms with E-state index in [2.05, 4.69) is 10.4 Å². The highest BCUT2D eigenvalue weighted by Gasteiger charge is 2.32. The molecule has 1 aliphatic heterocycles. The standard InChI is InChI=1S/C14H13N3O3/c1-17-13(10-5-6-11(19)15-14(10)20)9-4-2-3-8(7-18)12(9)16-17/h2-4,7,10H,5-6H2,1H3,(H,15,19,20). The van der Waals surface area contributed by atoms with Crippen LogP contribution in [0.5, 0.6) is 0 Å². The Kier molecular flexibility index (Phi) is 2.85. The van der Waals surface area contributed by atoms with Gasteiger partial charge in [-0.15, -0.1) is 0 Å². The monoisotopic (exact) mass is 271 g/mol. The lowest BCUT2D eigenvalue weighted by atomic mass is 9.92. The Labute approximate surface area is 114 Å². The van der Waals surface area contributed by atoms with Gasteiger partial charge in [0.05, 0.1) is 11.6 Å². The van der Waals surface area contributed by atoms with Crippen LogP contribution in [0.25, 0.3) is 10.9 Å². The minimum absolute atomic E-state index is 0.244. The number of aryl methyl sites for hydroxylation is 1. The molecule has 1 aromatic carbocycles. The molecule has 0 radical (unpaired) electrons. The maximum Gasteiger partial charge on any atom is 0.235 e. The number of piperidine rings is 1. The predicted octanol–water partition coefficient (Wildman–Crippen LogP) is 0.906. The molecule has 0 bridgehead atoms.